The number of hydrogen-bond donors (Lipinski definition) is 1. The first kappa shape index (κ1) is 13.7. The summed E-state index contributed by atoms with van der Waals surface area (Å²) in [5, 5.41) is 5.00. The molecule has 2 aliphatic rings. The van der Waals surface area contributed by atoms with E-state index in [2.05, 4.69) is 42.4 Å². The van der Waals surface area contributed by atoms with E-state index >= 15 is 0 Å². The van der Waals surface area contributed by atoms with Crippen LogP contribution in [0.1, 0.15) is 42.3 Å². The summed E-state index contributed by atoms with van der Waals surface area (Å²) in [7, 11) is 2.18. The fourth-order valence-electron chi connectivity index (χ4n) is 3.49. The maximum atomic E-state index is 4.90. The Balaban J connectivity index is 1.58. The van der Waals surface area contributed by atoms with Crippen LogP contribution in [0.15, 0.2) is 18.2 Å². The second-order valence-electron chi connectivity index (χ2n) is 6.84. The summed E-state index contributed by atoms with van der Waals surface area (Å²) in [5.41, 5.74) is 2.61. The average Bonchev–Trinajstić information content (AvgIpc) is 2.87. The van der Waals surface area contributed by atoms with Crippen molar-refractivity contribution in [1.29, 1.82) is 0 Å². The van der Waals surface area contributed by atoms with Crippen molar-refractivity contribution in [2.45, 2.75) is 31.7 Å². The van der Waals surface area contributed by atoms with E-state index in [1.54, 1.807) is 0 Å². The predicted octanol–water partition coefficient (Wildman–Crippen LogP) is 3.39. The summed E-state index contributed by atoms with van der Waals surface area (Å²) in [6, 6.07) is 7.40. The van der Waals surface area contributed by atoms with Gasteiger partial charge in [0.25, 0.3) is 0 Å². The van der Waals surface area contributed by atoms with Crippen molar-refractivity contribution in [2.75, 3.05) is 26.7 Å². The highest BCUT2D eigenvalue weighted by Crippen LogP contribution is 2.34. The van der Waals surface area contributed by atoms with Gasteiger partial charge in [0, 0.05) is 25.0 Å². The number of hydrogen-bond acceptors (Lipinski definition) is 4. The molecule has 2 fully saturated rings. The maximum Gasteiger partial charge on any atom is 0.0995 e. The molecule has 3 heterocycles. The van der Waals surface area contributed by atoms with Gasteiger partial charge in [0.15, 0.2) is 0 Å². The van der Waals surface area contributed by atoms with Gasteiger partial charge in [-0.05, 0) is 50.0 Å². The number of nitrogens with one attached hydrogen (secondary N) is 1. The molecule has 2 aromatic rings. The lowest BCUT2D eigenvalue weighted by molar-refractivity contribution is 0.189. The van der Waals surface area contributed by atoms with Crippen molar-refractivity contribution in [1.82, 2.24) is 15.2 Å². The first-order valence-corrected chi connectivity index (χ1v) is 8.83. The number of fused-ring (bicyclic) bond motifs is 1. The van der Waals surface area contributed by atoms with E-state index in [1.165, 1.54) is 33.6 Å². The number of aromatic nitrogens is 1. The van der Waals surface area contributed by atoms with E-state index in [9.17, 15) is 0 Å². The molecule has 112 valence electrons. The molecule has 0 saturated carbocycles. The van der Waals surface area contributed by atoms with Crippen LogP contribution in [-0.2, 0) is 0 Å². The molecular formula is C17H23N3S. The Bertz CT molecular complexity index is 637. The second-order valence-corrected chi connectivity index (χ2v) is 7.90. The monoisotopic (exact) mass is 301 g/mol. The van der Waals surface area contributed by atoms with Gasteiger partial charge in [-0.25, -0.2) is 4.98 Å². The van der Waals surface area contributed by atoms with E-state index in [0.29, 0.717) is 12.0 Å². The highest BCUT2D eigenvalue weighted by molar-refractivity contribution is 7.18. The summed E-state index contributed by atoms with van der Waals surface area (Å²) in [4.78, 5) is 7.26. The zero-order valence-electron chi connectivity index (χ0n) is 12.8. The normalized spacial score (nSPS) is 27.9. The topological polar surface area (TPSA) is 28.2 Å². The van der Waals surface area contributed by atoms with Crippen LogP contribution in [0.5, 0.6) is 0 Å². The van der Waals surface area contributed by atoms with E-state index in [1.807, 2.05) is 11.3 Å². The first-order valence-electron chi connectivity index (χ1n) is 8.01. The number of nitrogens with zero attached hydrogens (tertiary/aromatic N) is 2. The van der Waals surface area contributed by atoms with Crippen LogP contribution in [-0.4, -0.2) is 36.6 Å². The third-order valence-corrected chi connectivity index (χ3v) is 6.10. The van der Waals surface area contributed by atoms with Crippen LogP contribution in [0.2, 0.25) is 0 Å². The Morgan fingerprint density at radius 2 is 2.14 bits per heavy atom. The van der Waals surface area contributed by atoms with Crippen molar-refractivity contribution in [3.8, 4) is 0 Å². The van der Waals surface area contributed by atoms with Crippen LogP contribution in [0.25, 0.3) is 10.2 Å². The van der Waals surface area contributed by atoms with Gasteiger partial charge in [0.2, 0.25) is 0 Å². The molecule has 0 radical (unpaired) electrons. The minimum Gasteiger partial charge on any atom is -0.310 e. The van der Waals surface area contributed by atoms with Crippen molar-refractivity contribution >= 4 is 21.6 Å². The van der Waals surface area contributed by atoms with Gasteiger partial charge in [-0.15, -0.1) is 11.3 Å². The van der Waals surface area contributed by atoms with Crippen LogP contribution in [0, 0.1) is 5.92 Å². The third-order valence-electron chi connectivity index (χ3n) is 4.90. The molecule has 0 unspecified atom stereocenters. The van der Waals surface area contributed by atoms with Gasteiger partial charge in [-0.2, -0.15) is 0 Å². The summed E-state index contributed by atoms with van der Waals surface area (Å²) in [6.07, 6.45) is 2.57. The zero-order valence-corrected chi connectivity index (χ0v) is 13.6. The molecular weight excluding hydrogens is 278 g/mol. The molecule has 1 aromatic heterocycles. The molecule has 21 heavy (non-hydrogen) atoms. The Kier molecular flexibility index (Phi) is 3.48. The standard InChI is InChI=1S/C17H23N3S/c1-11-3-5-14(18-8-11)12-4-6-16-15(7-12)19-17(21-16)13-9-20(2)10-13/h4,6-7,11,13-14,18H,3,5,8-10H2,1-2H3/t11-,14+/m0/s1. The number of rotatable bonds is 2. The number of piperidine rings is 1. The lowest BCUT2D eigenvalue weighted by Gasteiger charge is -2.34. The molecule has 0 aliphatic carbocycles. The zero-order chi connectivity index (χ0) is 14.4. The Labute approximate surface area is 130 Å². The van der Waals surface area contributed by atoms with E-state index in [-0.39, 0.29) is 0 Å². The highest BCUT2D eigenvalue weighted by Gasteiger charge is 2.28. The van der Waals surface area contributed by atoms with Crippen LogP contribution in [0.4, 0.5) is 0 Å². The van der Waals surface area contributed by atoms with Gasteiger partial charge in [-0.1, -0.05) is 13.0 Å². The molecule has 4 heteroatoms. The number of thiazole rings is 1. The number of likely N-dealkylation sites (N-methyl/N-ethyl adjacent to an activating group) is 1. The second kappa shape index (κ2) is 5.34. The number of likely N-dealkylation sites (tertiary alicyclic amines) is 1. The van der Waals surface area contributed by atoms with Crippen LogP contribution in [0.3, 0.4) is 0 Å². The molecule has 1 N–H and O–H groups in total. The maximum absolute atomic E-state index is 4.90. The van der Waals surface area contributed by atoms with E-state index in [0.717, 1.165) is 25.6 Å². The third kappa shape index (κ3) is 2.60. The Morgan fingerprint density at radius 3 is 2.86 bits per heavy atom. The highest BCUT2D eigenvalue weighted by atomic mass is 32.1. The van der Waals surface area contributed by atoms with Gasteiger partial charge in [-0.3, -0.25) is 0 Å². The molecule has 4 rings (SSSR count). The molecule has 2 aliphatic heterocycles. The molecule has 1 aromatic carbocycles. The average molecular weight is 301 g/mol. The summed E-state index contributed by atoms with van der Waals surface area (Å²) in [6.45, 7) is 5.79. The lowest BCUT2D eigenvalue weighted by Crippen LogP contribution is -2.41. The van der Waals surface area contributed by atoms with Crippen molar-refractivity contribution < 1.29 is 0 Å². The van der Waals surface area contributed by atoms with Gasteiger partial charge in [0.1, 0.15) is 0 Å². The molecule has 0 bridgehead atoms. The Hall–Kier alpha value is -0.970. The first-order chi connectivity index (χ1) is 10.2. The van der Waals surface area contributed by atoms with Crippen molar-refractivity contribution in [3.05, 3.63) is 28.8 Å². The molecule has 3 nitrogen and oxygen atoms in total. The molecule has 2 atom stereocenters. The van der Waals surface area contributed by atoms with Crippen molar-refractivity contribution in [2.24, 2.45) is 5.92 Å². The fourth-order valence-corrected chi connectivity index (χ4v) is 4.52. The Morgan fingerprint density at radius 1 is 1.29 bits per heavy atom. The largest absolute Gasteiger partial charge is 0.310 e. The fraction of sp³-hybridized carbons (Fsp3) is 0.588. The SMILES string of the molecule is C[C@H]1CC[C@H](c2ccc3sc(C4CN(C)C4)nc3c2)NC1. The van der Waals surface area contributed by atoms with Crippen LogP contribution < -0.4 is 5.32 Å². The van der Waals surface area contributed by atoms with E-state index in [4.69, 9.17) is 4.98 Å². The van der Waals surface area contributed by atoms with Crippen LogP contribution >= 0.6 is 11.3 Å². The predicted molar refractivity (Wildman–Crippen MR) is 89.0 cm³/mol. The minimum atomic E-state index is 0.519. The summed E-state index contributed by atoms with van der Waals surface area (Å²) in [5.74, 6) is 1.47. The van der Waals surface area contributed by atoms with Crippen molar-refractivity contribution in [3.63, 3.8) is 0 Å². The van der Waals surface area contributed by atoms with Gasteiger partial charge in [0.05, 0.1) is 15.2 Å². The van der Waals surface area contributed by atoms with Gasteiger partial charge < -0.3 is 10.2 Å². The summed E-state index contributed by atoms with van der Waals surface area (Å²) >= 11 is 1.88. The smallest absolute Gasteiger partial charge is 0.0995 e. The minimum absolute atomic E-state index is 0.519. The van der Waals surface area contributed by atoms with E-state index < -0.39 is 0 Å². The molecule has 0 spiro atoms. The molecule has 0 amide bonds. The quantitative estimate of drug-likeness (QED) is 0.921. The lowest BCUT2D eigenvalue weighted by atomic mass is 9.92. The van der Waals surface area contributed by atoms with Gasteiger partial charge >= 0.3 is 0 Å². The summed E-state index contributed by atoms with van der Waals surface area (Å²) < 4.78 is 1.34. The molecule has 2 saturated heterocycles. The number of benzene rings is 1.